The summed E-state index contributed by atoms with van der Waals surface area (Å²) in [5.41, 5.74) is 6.33. The summed E-state index contributed by atoms with van der Waals surface area (Å²) in [4.78, 5) is -0.00665. The molecular weight excluding hydrogens is 350 g/mol. The first-order valence-corrected chi connectivity index (χ1v) is 6.89. The summed E-state index contributed by atoms with van der Waals surface area (Å²) in [7, 11) is 0. The van der Waals surface area contributed by atoms with Crippen molar-refractivity contribution in [3.8, 4) is 10.6 Å². The van der Waals surface area contributed by atoms with Crippen LogP contribution in [0.15, 0.2) is 12.1 Å². The molecule has 5 nitrogen and oxygen atoms in total. The van der Waals surface area contributed by atoms with Crippen LogP contribution in [0.3, 0.4) is 0 Å². The first-order valence-electron chi connectivity index (χ1n) is 5.31. The Kier molecular flexibility index (Phi) is 3.23. The van der Waals surface area contributed by atoms with Gasteiger partial charge in [-0.15, -0.1) is 10.2 Å². The molecule has 0 saturated heterocycles. The second-order valence-electron chi connectivity index (χ2n) is 3.97. The van der Waals surface area contributed by atoms with Crippen LogP contribution in [0, 0.1) is 0 Å². The Morgan fingerprint density at radius 1 is 1.19 bits per heavy atom. The second-order valence-corrected chi connectivity index (χ2v) is 5.77. The summed E-state index contributed by atoms with van der Waals surface area (Å²) < 4.78 is 38.9. The monoisotopic (exact) mass is 353 g/mol. The molecule has 3 rings (SSSR count). The average Bonchev–Trinajstić information content (AvgIpc) is 2.91. The van der Waals surface area contributed by atoms with Crippen LogP contribution in [-0.4, -0.2) is 19.8 Å². The Bertz CT molecular complexity index is 841. The van der Waals surface area contributed by atoms with Crippen molar-refractivity contribution in [2.24, 2.45) is 0 Å². The lowest BCUT2D eigenvalue weighted by Crippen LogP contribution is -2.11. The van der Waals surface area contributed by atoms with Gasteiger partial charge in [-0.25, -0.2) is 0 Å². The zero-order chi connectivity index (χ0) is 15.4. The lowest BCUT2D eigenvalue weighted by Gasteiger charge is -2.05. The summed E-state index contributed by atoms with van der Waals surface area (Å²) in [6.07, 6.45) is -4.65. The van der Waals surface area contributed by atoms with Crippen molar-refractivity contribution in [3.05, 3.63) is 28.0 Å². The molecule has 0 bridgehead atoms. The fourth-order valence-corrected chi connectivity index (χ4v) is 3.03. The molecule has 0 aliphatic carbocycles. The molecule has 0 fully saturated rings. The molecule has 11 heteroatoms. The van der Waals surface area contributed by atoms with Gasteiger partial charge in [-0.05, 0) is 12.1 Å². The van der Waals surface area contributed by atoms with Gasteiger partial charge in [0.2, 0.25) is 4.96 Å². The molecule has 2 heterocycles. The van der Waals surface area contributed by atoms with Gasteiger partial charge in [0.25, 0.3) is 5.82 Å². The van der Waals surface area contributed by atoms with Crippen LogP contribution in [0.25, 0.3) is 15.5 Å². The van der Waals surface area contributed by atoms with E-state index >= 15 is 0 Å². The van der Waals surface area contributed by atoms with Crippen LogP contribution < -0.4 is 5.73 Å². The number of nitrogen functional groups attached to an aromatic ring is 1. The summed E-state index contributed by atoms with van der Waals surface area (Å²) in [5, 5.41) is 11.1. The largest absolute Gasteiger partial charge is 0.453 e. The second kappa shape index (κ2) is 4.72. The normalized spacial score (nSPS) is 12.2. The van der Waals surface area contributed by atoms with E-state index in [0.717, 1.165) is 11.3 Å². The fraction of sp³-hybridized carbons (Fsp3) is 0.100. The third-order valence-electron chi connectivity index (χ3n) is 2.57. The SMILES string of the molecule is Nc1c(Cl)cc(Cl)cc1-c1nn2c(C(F)(F)F)nnc2s1. The first kappa shape index (κ1) is 14.4. The molecule has 2 N–H and O–H groups in total. The van der Waals surface area contributed by atoms with E-state index in [4.69, 9.17) is 28.9 Å². The summed E-state index contributed by atoms with van der Waals surface area (Å²) >= 11 is 12.7. The van der Waals surface area contributed by atoms with E-state index in [0.29, 0.717) is 15.1 Å². The fourth-order valence-electron chi connectivity index (χ4n) is 1.66. The minimum Gasteiger partial charge on any atom is -0.397 e. The van der Waals surface area contributed by atoms with Crippen LogP contribution in [0.1, 0.15) is 5.82 Å². The third kappa shape index (κ3) is 2.41. The van der Waals surface area contributed by atoms with Crippen LogP contribution >= 0.6 is 34.5 Å². The van der Waals surface area contributed by atoms with Crippen molar-refractivity contribution >= 4 is 45.2 Å². The summed E-state index contributed by atoms with van der Waals surface area (Å²) in [6, 6.07) is 2.91. The standard InChI is InChI=1S/C10H4Cl2F3N5S/c11-3-1-4(6(16)5(12)2-3)7-19-20-8(10(13,14)15)17-18-9(20)21-7/h1-2H,16H2. The van der Waals surface area contributed by atoms with Crippen molar-refractivity contribution < 1.29 is 13.2 Å². The van der Waals surface area contributed by atoms with Crippen LogP contribution in [0.5, 0.6) is 0 Å². The molecule has 0 atom stereocenters. The Morgan fingerprint density at radius 2 is 1.90 bits per heavy atom. The van der Waals surface area contributed by atoms with Crippen molar-refractivity contribution in [2.75, 3.05) is 5.73 Å². The average molecular weight is 354 g/mol. The van der Waals surface area contributed by atoms with E-state index in [9.17, 15) is 13.2 Å². The Hall–Kier alpha value is -1.58. The number of hydrogen-bond acceptors (Lipinski definition) is 5. The number of benzene rings is 1. The zero-order valence-electron chi connectivity index (χ0n) is 9.82. The predicted molar refractivity (Wildman–Crippen MR) is 73.5 cm³/mol. The van der Waals surface area contributed by atoms with Crippen molar-refractivity contribution in [1.29, 1.82) is 0 Å². The lowest BCUT2D eigenvalue weighted by atomic mass is 10.2. The highest BCUT2D eigenvalue weighted by Crippen LogP contribution is 2.37. The smallest absolute Gasteiger partial charge is 0.397 e. The number of fused-ring (bicyclic) bond motifs is 1. The summed E-state index contributed by atoms with van der Waals surface area (Å²) in [6.45, 7) is 0. The molecule has 0 aliphatic heterocycles. The number of rotatable bonds is 1. The van der Waals surface area contributed by atoms with E-state index in [1.54, 1.807) is 0 Å². The number of nitrogens with zero attached hydrogens (tertiary/aromatic N) is 4. The maximum atomic E-state index is 12.7. The quantitative estimate of drug-likeness (QED) is 0.676. The molecule has 0 spiro atoms. The molecule has 21 heavy (non-hydrogen) atoms. The predicted octanol–water partition coefficient (Wildman–Crippen LogP) is 3.76. The minimum absolute atomic E-state index is 0.00665. The number of alkyl halides is 3. The minimum atomic E-state index is -4.65. The molecule has 0 amide bonds. The number of anilines is 1. The Balaban J connectivity index is 2.21. The topological polar surface area (TPSA) is 69.1 Å². The maximum Gasteiger partial charge on any atom is 0.453 e. The highest BCUT2D eigenvalue weighted by atomic mass is 35.5. The molecule has 110 valence electrons. The molecule has 0 saturated carbocycles. The van der Waals surface area contributed by atoms with Gasteiger partial charge in [0.05, 0.1) is 10.7 Å². The highest BCUT2D eigenvalue weighted by Gasteiger charge is 2.38. The maximum absolute atomic E-state index is 12.7. The zero-order valence-corrected chi connectivity index (χ0v) is 12.1. The van der Waals surface area contributed by atoms with Crippen LogP contribution in [0.2, 0.25) is 10.0 Å². The van der Waals surface area contributed by atoms with Gasteiger partial charge in [0.1, 0.15) is 5.01 Å². The number of aromatic nitrogens is 4. The van der Waals surface area contributed by atoms with E-state index in [1.165, 1.54) is 12.1 Å². The van der Waals surface area contributed by atoms with Gasteiger partial charge < -0.3 is 5.73 Å². The third-order valence-corrected chi connectivity index (χ3v) is 4.03. The van der Waals surface area contributed by atoms with Crippen LogP contribution in [-0.2, 0) is 6.18 Å². The van der Waals surface area contributed by atoms with Gasteiger partial charge in [0.15, 0.2) is 0 Å². The van der Waals surface area contributed by atoms with Gasteiger partial charge >= 0.3 is 6.18 Å². The lowest BCUT2D eigenvalue weighted by molar-refractivity contribution is -0.146. The van der Waals surface area contributed by atoms with E-state index in [-0.39, 0.29) is 20.7 Å². The number of hydrogen-bond donors (Lipinski definition) is 1. The number of halogens is 5. The molecular formula is C10H4Cl2F3N5S. The molecule has 3 aromatic rings. The highest BCUT2D eigenvalue weighted by molar-refractivity contribution is 7.19. The van der Waals surface area contributed by atoms with Gasteiger partial charge in [0, 0.05) is 10.6 Å². The summed E-state index contributed by atoms with van der Waals surface area (Å²) in [5.74, 6) is -1.20. The molecule has 0 aliphatic rings. The molecule has 2 aromatic heterocycles. The van der Waals surface area contributed by atoms with Crippen LogP contribution in [0.4, 0.5) is 18.9 Å². The Labute approximate surface area is 129 Å². The van der Waals surface area contributed by atoms with Crippen molar-refractivity contribution in [3.63, 3.8) is 0 Å². The van der Waals surface area contributed by atoms with Gasteiger partial charge in [-0.2, -0.15) is 22.8 Å². The van der Waals surface area contributed by atoms with Gasteiger partial charge in [-0.1, -0.05) is 34.5 Å². The van der Waals surface area contributed by atoms with Gasteiger partial charge in [-0.3, -0.25) is 0 Å². The van der Waals surface area contributed by atoms with E-state index in [2.05, 4.69) is 15.3 Å². The van der Waals surface area contributed by atoms with Crippen molar-refractivity contribution in [1.82, 2.24) is 19.8 Å². The number of nitrogens with two attached hydrogens (primary N) is 1. The molecule has 0 radical (unpaired) electrons. The molecule has 1 aromatic carbocycles. The molecule has 0 unspecified atom stereocenters. The van der Waals surface area contributed by atoms with E-state index < -0.39 is 12.0 Å². The first-order chi connectivity index (χ1) is 9.77. The van der Waals surface area contributed by atoms with E-state index in [1.807, 2.05) is 0 Å². The Morgan fingerprint density at radius 3 is 2.57 bits per heavy atom. The van der Waals surface area contributed by atoms with Crippen molar-refractivity contribution in [2.45, 2.75) is 6.18 Å².